The predicted octanol–water partition coefficient (Wildman–Crippen LogP) is 4.36. The van der Waals surface area contributed by atoms with Crippen LogP contribution in [0.4, 0.5) is 26.3 Å². The van der Waals surface area contributed by atoms with E-state index in [4.69, 9.17) is 4.74 Å². The Morgan fingerprint density at radius 3 is 2.00 bits per heavy atom. The Kier molecular flexibility index (Phi) is 8.69. The first kappa shape index (κ1) is 22.6. The summed E-state index contributed by atoms with van der Waals surface area (Å²) in [5.74, 6) is -6.33. The molecule has 1 saturated carbocycles. The van der Waals surface area contributed by atoms with Gasteiger partial charge in [-0.15, -0.1) is 0 Å². The molecule has 1 unspecified atom stereocenters. The van der Waals surface area contributed by atoms with Crippen LogP contribution in [0.2, 0.25) is 0 Å². The van der Waals surface area contributed by atoms with Crippen LogP contribution in [0, 0.1) is 5.92 Å². The maximum atomic E-state index is 13.0. The molecule has 152 valence electrons. The van der Waals surface area contributed by atoms with Crippen LogP contribution in [0.15, 0.2) is 0 Å². The molecular weight excluding hydrogens is 370 g/mol. The SMILES string of the molecule is O=C(CCCC(=O)OCC(F)(F)C(F)C(F)(F)F)OCC1CCCCC1. The van der Waals surface area contributed by atoms with Crippen molar-refractivity contribution in [2.75, 3.05) is 13.2 Å². The molecule has 0 bridgehead atoms. The molecule has 4 nitrogen and oxygen atoms in total. The summed E-state index contributed by atoms with van der Waals surface area (Å²) in [6.07, 6.45) is -5.52. The minimum Gasteiger partial charge on any atom is -0.465 e. The Labute approximate surface area is 147 Å². The van der Waals surface area contributed by atoms with Crippen molar-refractivity contribution in [3.63, 3.8) is 0 Å². The van der Waals surface area contributed by atoms with E-state index in [1.165, 1.54) is 0 Å². The maximum Gasteiger partial charge on any atom is 0.425 e. The van der Waals surface area contributed by atoms with E-state index in [0.717, 1.165) is 32.1 Å². The minimum absolute atomic E-state index is 0.0633. The van der Waals surface area contributed by atoms with Gasteiger partial charge in [0.1, 0.15) is 0 Å². The van der Waals surface area contributed by atoms with Gasteiger partial charge < -0.3 is 9.47 Å². The number of esters is 2. The summed E-state index contributed by atoms with van der Waals surface area (Å²) in [5.41, 5.74) is 0. The summed E-state index contributed by atoms with van der Waals surface area (Å²) in [7, 11) is 0. The Balaban J connectivity index is 2.18. The number of ether oxygens (including phenoxy) is 2. The Morgan fingerprint density at radius 2 is 1.46 bits per heavy atom. The molecule has 0 heterocycles. The lowest BCUT2D eigenvalue weighted by atomic mass is 9.90. The molecule has 0 aromatic carbocycles. The number of carbonyl (C=O) groups excluding carboxylic acids is 2. The van der Waals surface area contributed by atoms with E-state index in [1.54, 1.807) is 0 Å². The van der Waals surface area contributed by atoms with Gasteiger partial charge in [-0.05, 0) is 25.2 Å². The van der Waals surface area contributed by atoms with Crippen LogP contribution in [0.5, 0.6) is 0 Å². The molecule has 10 heteroatoms. The lowest BCUT2D eigenvalue weighted by Crippen LogP contribution is -2.45. The zero-order valence-corrected chi connectivity index (χ0v) is 14.1. The second-order valence-corrected chi connectivity index (χ2v) is 6.37. The molecule has 26 heavy (non-hydrogen) atoms. The van der Waals surface area contributed by atoms with E-state index >= 15 is 0 Å². The van der Waals surface area contributed by atoms with Crippen molar-refractivity contribution in [1.82, 2.24) is 0 Å². The second-order valence-electron chi connectivity index (χ2n) is 6.37. The highest BCUT2D eigenvalue weighted by molar-refractivity contribution is 5.72. The highest BCUT2D eigenvalue weighted by atomic mass is 19.4. The van der Waals surface area contributed by atoms with Crippen LogP contribution >= 0.6 is 0 Å². The third-order valence-electron chi connectivity index (χ3n) is 4.05. The summed E-state index contributed by atoms with van der Waals surface area (Å²) in [4.78, 5) is 22.8. The number of hydrogen-bond acceptors (Lipinski definition) is 4. The van der Waals surface area contributed by atoms with Crippen molar-refractivity contribution in [3.8, 4) is 0 Å². The van der Waals surface area contributed by atoms with Gasteiger partial charge >= 0.3 is 24.0 Å². The van der Waals surface area contributed by atoms with Gasteiger partial charge in [-0.25, -0.2) is 4.39 Å². The summed E-state index contributed by atoms with van der Waals surface area (Å²) in [6, 6.07) is 0. The number of halogens is 6. The molecule has 1 atom stereocenters. The molecule has 1 fully saturated rings. The van der Waals surface area contributed by atoms with E-state index in [0.29, 0.717) is 12.5 Å². The van der Waals surface area contributed by atoms with E-state index in [9.17, 15) is 35.9 Å². The molecule has 0 spiro atoms. The van der Waals surface area contributed by atoms with Crippen LogP contribution in [-0.4, -0.2) is 43.4 Å². The predicted molar refractivity (Wildman–Crippen MR) is 78.2 cm³/mol. The van der Waals surface area contributed by atoms with E-state index < -0.39 is 43.2 Å². The van der Waals surface area contributed by atoms with E-state index in [2.05, 4.69) is 4.74 Å². The van der Waals surface area contributed by atoms with Crippen molar-refractivity contribution in [2.45, 2.75) is 69.6 Å². The average Bonchev–Trinajstić information content (AvgIpc) is 2.57. The molecule has 0 aliphatic heterocycles. The monoisotopic (exact) mass is 392 g/mol. The maximum absolute atomic E-state index is 13.0. The van der Waals surface area contributed by atoms with Crippen LogP contribution < -0.4 is 0 Å². The normalized spacial score (nSPS) is 17.6. The summed E-state index contributed by atoms with van der Waals surface area (Å²) >= 11 is 0. The number of carbonyl (C=O) groups is 2. The van der Waals surface area contributed by atoms with Gasteiger partial charge in [-0.1, -0.05) is 19.3 Å². The number of rotatable bonds is 9. The van der Waals surface area contributed by atoms with Crippen LogP contribution in [0.25, 0.3) is 0 Å². The fraction of sp³-hybridized carbons (Fsp3) is 0.875. The third-order valence-corrected chi connectivity index (χ3v) is 4.05. The zero-order chi connectivity index (χ0) is 19.8. The first-order valence-corrected chi connectivity index (χ1v) is 8.42. The molecule has 0 saturated heterocycles. The molecular formula is C16H22F6O4. The van der Waals surface area contributed by atoms with E-state index in [-0.39, 0.29) is 12.8 Å². The molecule has 0 aromatic rings. The Morgan fingerprint density at radius 1 is 0.923 bits per heavy atom. The Hall–Kier alpha value is -1.48. The molecule has 0 amide bonds. The van der Waals surface area contributed by atoms with Gasteiger partial charge in [0.05, 0.1) is 6.61 Å². The van der Waals surface area contributed by atoms with Crippen LogP contribution in [0.1, 0.15) is 51.4 Å². The molecule has 0 N–H and O–H groups in total. The smallest absolute Gasteiger partial charge is 0.425 e. The standard InChI is InChI=1S/C16H22F6O4/c17-14(16(20,21)22)15(18,19)10-26-13(24)8-4-7-12(23)25-9-11-5-2-1-3-6-11/h11,14H,1-10H2. The largest absolute Gasteiger partial charge is 0.465 e. The van der Waals surface area contributed by atoms with Gasteiger partial charge in [0, 0.05) is 12.8 Å². The number of alkyl halides is 6. The zero-order valence-electron chi connectivity index (χ0n) is 14.1. The Bertz CT molecular complexity index is 460. The minimum atomic E-state index is -5.75. The first-order chi connectivity index (χ1) is 12.0. The van der Waals surface area contributed by atoms with Crippen LogP contribution in [0.3, 0.4) is 0 Å². The van der Waals surface area contributed by atoms with Crippen molar-refractivity contribution in [2.24, 2.45) is 5.92 Å². The topological polar surface area (TPSA) is 52.6 Å². The molecule has 1 aliphatic rings. The fourth-order valence-electron chi connectivity index (χ4n) is 2.58. The van der Waals surface area contributed by atoms with Crippen molar-refractivity contribution >= 4 is 11.9 Å². The number of hydrogen-bond donors (Lipinski definition) is 0. The van der Waals surface area contributed by atoms with Gasteiger partial charge in [0.2, 0.25) is 0 Å². The first-order valence-electron chi connectivity index (χ1n) is 8.42. The van der Waals surface area contributed by atoms with E-state index in [1.807, 2.05) is 0 Å². The quantitative estimate of drug-likeness (QED) is 0.432. The molecule has 0 radical (unpaired) electrons. The van der Waals surface area contributed by atoms with Crippen molar-refractivity contribution < 1.29 is 45.4 Å². The third kappa shape index (κ3) is 8.27. The fourth-order valence-corrected chi connectivity index (χ4v) is 2.58. The van der Waals surface area contributed by atoms with Crippen molar-refractivity contribution in [3.05, 3.63) is 0 Å². The highest BCUT2D eigenvalue weighted by Gasteiger charge is 2.57. The summed E-state index contributed by atoms with van der Waals surface area (Å²) in [5, 5.41) is 0. The molecule has 0 aromatic heterocycles. The summed E-state index contributed by atoms with van der Waals surface area (Å²) in [6.45, 7) is -1.72. The van der Waals surface area contributed by atoms with Crippen LogP contribution in [-0.2, 0) is 19.1 Å². The second kappa shape index (κ2) is 10.0. The lowest BCUT2D eigenvalue weighted by Gasteiger charge is -2.22. The van der Waals surface area contributed by atoms with Crippen molar-refractivity contribution in [1.29, 1.82) is 0 Å². The van der Waals surface area contributed by atoms with Gasteiger partial charge in [-0.3, -0.25) is 9.59 Å². The lowest BCUT2D eigenvalue weighted by molar-refractivity contribution is -0.254. The summed E-state index contributed by atoms with van der Waals surface area (Å²) < 4.78 is 83.3. The molecule has 1 rings (SSSR count). The van der Waals surface area contributed by atoms with Gasteiger partial charge in [-0.2, -0.15) is 22.0 Å². The van der Waals surface area contributed by atoms with Gasteiger partial charge in [0.25, 0.3) is 6.17 Å². The van der Waals surface area contributed by atoms with Gasteiger partial charge in [0.15, 0.2) is 6.61 Å². The highest BCUT2D eigenvalue weighted by Crippen LogP contribution is 2.35. The molecule has 1 aliphatic carbocycles. The average molecular weight is 392 g/mol.